The molecule has 1 unspecified atom stereocenters. The van der Waals surface area contributed by atoms with Gasteiger partial charge in [0.2, 0.25) is 5.91 Å². The van der Waals surface area contributed by atoms with Crippen molar-refractivity contribution in [3.8, 4) is 5.75 Å². The first-order chi connectivity index (χ1) is 8.17. The van der Waals surface area contributed by atoms with Crippen LogP contribution in [0.5, 0.6) is 5.75 Å². The highest BCUT2D eigenvalue weighted by molar-refractivity contribution is 5.79. The summed E-state index contributed by atoms with van der Waals surface area (Å²) in [6.07, 6.45) is 0.348. The molecule has 0 saturated heterocycles. The summed E-state index contributed by atoms with van der Waals surface area (Å²) < 4.78 is 5.20. The minimum absolute atomic E-state index is 0.0107. The maximum absolute atomic E-state index is 11.7. The van der Waals surface area contributed by atoms with E-state index in [9.17, 15) is 4.79 Å². The molecule has 0 fully saturated rings. The maximum Gasteiger partial charge on any atom is 0.224 e. The van der Waals surface area contributed by atoms with Crippen LogP contribution < -0.4 is 15.4 Å². The number of carbonyl (C=O) groups excluding carboxylic acids is 1. The largest absolute Gasteiger partial charge is 0.496 e. The summed E-state index contributed by atoms with van der Waals surface area (Å²) in [5, 5.41) is 5.94. The van der Waals surface area contributed by atoms with Gasteiger partial charge in [-0.3, -0.25) is 4.79 Å². The molecule has 1 rings (SSSR count). The molecule has 1 aromatic rings. The number of carbonyl (C=O) groups is 1. The number of methoxy groups -OCH3 is 1. The molecule has 0 aliphatic carbocycles. The van der Waals surface area contributed by atoms with Crippen molar-refractivity contribution in [3.63, 3.8) is 0 Å². The molecule has 0 radical (unpaired) electrons. The normalized spacial score (nSPS) is 11.9. The van der Waals surface area contributed by atoms with E-state index in [0.717, 1.165) is 11.3 Å². The molecule has 0 spiro atoms. The number of amides is 1. The van der Waals surface area contributed by atoms with Crippen molar-refractivity contribution in [2.24, 2.45) is 0 Å². The lowest BCUT2D eigenvalue weighted by atomic mass is 10.1. The standard InChI is InChI=1S/C13H20N2O2/c1-10(14-2)9-15-13(16)8-11-6-4-5-7-12(11)17-3/h4-7,10,14H,8-9H2,1-3H3,(H,15,16). The third-order valence-electron chi connectivity index (χ3n) is 2.64. The fraction of sp³-hybridized carbons (Fsp3) is 0.462. The highest BCUT2D eigenvalue weighted by atomic mass is 16.5. The van der Waals surface area contributed by atoms with Crippen LogP contribution in [0.2, 0.25) is 0 Å². The van der Waals surface area contributed by atoms with E-state index in [1.165, 1.54) is 0 Å². The van der Waals surface area contributed by atoms with Crippen LogP contribution in [0.1, 0.15) is 12.5 Å². The molecule has 1 atom stereocenters. The molecular weight excluding hydrogens is 216 g/mol. The molecule has 94 valence electrons. The Morgan fingerprint density at radius 3 is 2.76 bits per heavy atom. The van der Waals surface area contributed by atoms with Crippen LogP contribution in [0, 0.1) is 0 Å². The highest BCUT2D eigenvalue weighted by Crippen LogP contribution is 2.17. The predicted octanol–water partition coefficient (Wildman–Crippen LogP) is 0.962. The van der Waals surface area contributed by atoms with Crippen LogP contribution >= 0.6 is 0 Å². The van der Waals surface area contributed by atoms with Crippen LogP contribution in [0.15, 0.2) is 24.3 Å². The lowest BCUT2D eigenvalue weighted by Crippen LogP contribution is -2.37. The number of rotatable bonds is 6. The molecule has 17 heavy (non-hydrogen) atoms. The van der Waals surface area contributed by atoms with E-state index in [2.05, 4.69) is 10.6 Å². The number of hydrogen-bond acceptors (Lipinski definition) is 3. The summed E-state index contributed by atoms with van der Waals surface area (Å²) in [5.74, 6) is 0.765. The van der Waals surface area contributed by atoms with Crippen LogP contribution in [0.3, 0.4) is 0 Å². The molecule has 1 aromatic carbocycles. The fourth-order valence-electron chi connectivity index (χ4n) is 1.45. The van der Waals surface area contributed by atoms with E-state index in [1.807, 2.05) is 38.2 Å². The van der Waals surface area contributed by atoms with Gasteiger partial charge >= 0.3 is 0 Å². The van der Waals surface area contributed by atoms with Gasteiger partial charge in [0.25, 0.3) is 0 Å². The van der Waals surface area contributed by atoms with Gasteiger partial charge in [0.1, 0.15) is 5.75 Å². The van der Waals surface area contributed by atoms with Crippen LogP contribution in [-0.2, 0) is 11.2 Å². The number of ether oxygens (including phenoxy) is 1. The van der Waals surface area contributed by atoms with Crippen molar-refractivity contribution in [1.82, 2.24) is 10.6 Å². The highest BCUT2D eigenvalue weighted by Gasteiger charge is 2.08. The second kappa shape index (κ2) is 6.91. The molecule has 0 heterocycles. The van der Waals surface area contributed by atoms with Gasteiger partial charge in [-0.25, -0.2) is 0 Å². The van der Waals surface area contributed by atoms with Gasteiger partial charge in [0.15, 0.2) is 0 Å². The lowest BCUT2D eigenvalue weighted by Gasteiger charge is -2.12. The number of hydrogen-bond donors (Lipinski definition) is 2. The number of likely N-dealkylation sites (N-methyl/N-ethyl adjacent to an activating group) is 1. The topological polar surface area (TPSA) is 50.4 Å². The van der Waals surface area contributed by atoms with E-state index < -0.39 is 0 Å². The second-order valence-corrected chi connectivity index (χ2v) is 3.98. The average molecular weight is 236 g/mol. The Hall–Kier alpha value is -1.55. The van der Waals surface area contributed by atoms with E-state index in [-0.39, 0.29) is 11.9 Å². The van der Waals surface area contributed by atoms with Crippen molar-refractivity contribution in [3.05, 3.63) is 29.8 Å². The van der Waals surface area contributed by atoms with Crippen molar-refractivity contribution in [1.29, 1.82) is 0 Å². The number of nitrogens with one attached hydrogen (secondary N) is 2. The summed E-state index contributed by atoms with van der Waals surface area (Å²) in [5.41, 5.74) is 0.907. The first kappa shape index (κ1) is 13.5. The Labute approximate surface area is 102 Å². The van der Waals surface area contributed by atoms with Crippen LogP contribution in [0.4, 0.5) is 0 Å². The van der Waals surface area contributed by atoms with Gasteiger partial charge in [-0.05, 0) is 20.0 Å². The molecule has 4 nitrogen and oxygen atoms in total. The Kier molecular flexibility index (Phi) is 5.49. The van der Waals surface area contributed by atoms with E-state index in [0.29, 0.717) is 13.0 Å². The van der Waals surface area contributed by atoms with Crippen LogP contribution in [0.25, 0.3) is 0 Å². The third-order valence-corrected chi connectivity index (χ3v) is 2.64. The summed E-state index contributed by atoms with van der Waals surface area (Å²) in [6.45, 7) is 2.65. The number of benzene rings is 1. The molecule has 0 aliphatic rings. The first-order valence-electron chi connectivity index (χ1n) is 5.73. The minimum atomic E-state index is 0.0107. The zero-order chi connectivity index (χ0) is 12.7. The molecule has 0 bridgehead atoms. The number of para-hydroxylation sites is 1. The predicted molar refractivity (Wildman–Crippen MR) is 68.2 cm³/mol. The average Bonchev–Trinajstić information content (AvgIpc) is 2.36. The Bertz CT molecular complexity index is 366. The van der Waals surface area contributed by atoms with Gasteiger partial charge in [-0.1, -0.05) is 18.2 Å². The van der Waals surface area contributed by atoms with Crippen molar-refractivity contribution >= 4 is 5.91 Å². The Morgan fingerprint density at radius 2 is 2.12 bits per heavy atom. The van der Waals surface area contributed by atoms with E-state index >= 15 is 0 Å². The molecule has 4 heteroatoms. The maximum atomic E-state index is 11.7. The lowest BCUT2D eigenvalue weighted by molar-refractivity contribution is -0.120. The quantitative estimate of drug-likeness (QED) is 0.773. The summed E-state index contributed by atoms with van der Waals surface area (Å²) >= 11 is 0. The third kappa shape index (κ3) is 4.44. The van der Waals surface area contributed by atoms with Gasteiger partial charge in [-0.15, -0.1) is 0 Å². The second-order valence-electron chi connectivity index (χ2n) is 3.98. The molecule has 0 aliphatic heterocycles. The molecule has 0 aromatic heterocycles. The van der Waals surface area contributed by atoms with E-state index in [4.69, 9.17) is 4.74 Å². The monoisotopic (exact) mass is 236 g/mol. The molecule has 2 N–H and O–H groups in total. The smallest absolute Gasteiger partial charge is 0.224 e. The fourth-order valence-corrected chi connectivity index (χ4v) is 1.45. The molecular formula is C13H20N2O2. The summed E-state index contributed by atoms with van der Waals surface area (Å²) in [4.78, 5) is 11.7. The minimum Gasteiger partial charge on any atom is -0.496 e. The Morgan fingerprint density at radius 1 is 1.41 bits per heavy atom. The van der Waals surface area contributed by atoms with Gasteiger partial charge < -0.3 is 15.4 Å². The summed E-state index contributed by atoms with van der Waals surface area (Å²) in [6, 6.07) is 7.83. The van der Waals surface area contributed by atoms with Gasteiger partial charge in [0.05, 0.1) is 13.5 Å². The van der Waals surface area contributed by atoms with Crippen molar-refractivity contribution < 1.29 is 9.53 Å². The van der Waals surface area contributed by atoms with E-state index in [1.54, 1.807) is 7.11 Å². The summed E-state index contributed by atoms with van der Waals surface area (Å²) in [7, 11) is 3.48. The zero-order valence-electron chi connectivity index (χ0n) is 10.6. The zero-order valence-corrected chi connectivity index (χ0v) is 10.6. The van der Waals surface area contributed by atoms with Crippen molar-refractivity contribution in [2.45, 2.75) is 19.4 Å². The SMILES string of the molecule is CNC(C)CNC(=O)Cc1ccccc1OC. The molecule has 0 saturated carbocycles. The van der Waals surface area contributed by atoms with Gasteiger partial charge in [-0.2, -0.15) is 0 Å². The van der Waals surface area contributed by atoms with Crippen LogP contribution in [-0.4, -0.2) is 32.7 Å². The Balaban J connectivity index is 2.50. The van der Waals surface area contributed by atoms with Crippen molar-refractivity contribution in [2.75, 3.05) is 20.7 Å². The molecule has 1 amide bonds. The first-order valence-corrected chi connectivity index (χ1v) is 5.73. The van der Waals surface area contributed by atoms with Gasteiger partial charge in [0, 0.05) is 18.2 Å².